The van der Waals surface area contributed by atoms with E-state index in [0.717, 1.165) is 32.1 Å². The van der Waals surface area contributed by atoms with E-state index < -0.39 is 59.9 Å². The topological polar surface area (TPSA) is 261 Å². The van der Waals surface area contributed by atoms with Gasteiger partial charge in [0.1, 0.15) is 36.8 Å². The summed E-state index contributed by atoms with van der Waals surface area (Å²) in [6, 6.07) is 8.83. The lowest BCUT2D eigenvalue weighted by molar-refractivity contribution is -0.145. The van der Waals surface area contributed by atoms with E-state index in [9.17, 15) is 39.1 Å². The average molecular weight is 890 g/mol. The molecule has 4 bridgehead atoms. The van der Waals surface area contributed by atoms with Crippen LogP contribution in [-0.4, -0.2) is 116 Å². The largest absolute Gasteiger partial charge is 0.492 e. The third-order valence-corrected chi connectivity index (χ3v) is 11.7. The number of aliphatic hydroxyl groups is 1. The number of likely N-dealkylation sites (N-methyl/N-ethyl adjacent to an activating group) is 2. The molecule has 5 atom stereocenters. The van der Waals surface area contributed by atoms with Gasteiger partial charge in [0.15, 0.2) is 17.3 Å². The van der Waals surface area contributed by atoms with Gasteiger partial charge in [0.25, 0.3) is 0 Å². The summed E-state index contributed by atoms with van der Waals surface area (Å²) >= 11 is 0. The highest BCUT2D eigenvalue weighted by Crippen LogP contribution is 2.41. The molecule has 16 nitrogen and oxygen atoms in total. The van der Waals surface area contributed by atoms with Crippen molar-refractivity contribution in [3.8, 4) is 28.7 Å². The lowest BCUT2D eigenvalue weighted by Crippen LogP contribution is -2.47. The van der Waals surface area contributed by atoms with E-state index in [1.165, 1.54) is 30.3 Å². The number of nitrogens with one attached hydrogen (secondary N) is 1. The first-order chi connectivity index (χ1) is 30.8. The number of ketones is 3. The zero-order valence-electron chi connectivity index (χ0n) is 38.3. The number of ether oxygens (including phenoxy) is 2. The number of carbonyl (C=O) groups is 6. The number of fused-ring (bicyclic) bond motifs is 5. The quantitative estimate of drug-likeness (QED) is 0.0841. The van der Waals surface area contributed by atoms with Gasteiger partial charge < -0.3 is 46.9 Å². The second-order valence-electron chi connectivity index (χ2n) is 16.7. The Balaban J connectivity index is 2.09. The van der Waals surface area contributed by atoms with Crippen molar-refractivity contribution in [1.82, 2.24) is 15.1 Å². The van der Waals surface area contributed by atoms with Gasteiger partial charge in [0.2, 0.25) is 17.7 Å². The molecule has 0 spiro atoms. The first-order valence-corrected chi connectivity index (χ1v) is 22.8. The number of nitrogens with two attached hydrogens (primary N) is 3. The van der Waals surface area contributed by atoms with Gasteiger partial charge in [0.05, 0.1) is 18.7 Å². The Morgan fingerprint density at radius 2 is 1.50 bits per heavy atom. The normalized spacial score (nSPS) is 17.3. The Hall–Kier alpha value is -5.21. The number of hydrogen-bond donors (Lipinski definition) is 5. The average Bonchev–Trinajstić information content (AvgIpc) is 3.28. The van der Waals surface area contributed by atoms with Gasteiger partial charge in [-0.2, -0.15) is 5.26 Å². The number of nitriles is 1. The van der Waals surface area contributed by atoms with Crippen molar-refractivity contribution in [3.63, 3.8) is 0 Å². The second-order valence-corrected chi connectivity index (χ2v) is 16.7. The lowest BCUT2D eigenvalue weighted by atomic mass is 9.88. The fourth-order valence-corrected chi connectivity index (χ4v) is 8.04. The van der Waals surface area contributed by atoms with Crippen LogP contribution in [0.25, 0.3) is 11.1 Å². The van der Waals surface area contributed by atoms with Crippen molar-refractivity contribution >= 4 is 35.1 Å². The summed E-state index contributed by atoms with van der Waals surface area (Å²) in [5.41, 5.74) is 19.7. The predicted molar refractivity (Wildman–Crippen MR) is 244 cm³/mol. The summed E-state index contributed by atoms with van der Waals surface area (Å²) in [4.78, 5) is 86.1. The van der Waals surface area contributed by atoms with E-state index in [4.69, 9.17) is 26.7 Å². The zero-order valence-corrected chi connectivity index (χ0v) is 38.3. The van der Waals surface area contributed by atoms with Crippen LogP contribution in [0.1, 0.15) is 114 Å². The fraction of sp³-hybridized carbons (Fsp3) is 0.604. The molecule has 3 rings (SSSR count). The number of nitrogens with zero attached hydrogens (tertiary/aromatic N) is 3. The van der Waals surface area contributed by atoms with Crippen molar-refractivity contribution in [1.29, 1.82) is 5.26 Å². The number of benzene rings is 2. The number of amides is 3. The summed E-state index contributed by atoms with van der Waals surface area (Å²) in [7, 11) is 2.93. The van der Waals surface area contributed by atoms with Crippen LogP contribution in [-0.2, 0) is 35.2 Å². The number of hydrogen-bond acceptors (Lipinski definition) is 13. The highest BCUT2D eigenvalue weighted by Gasteiger charge is 2.37. The molecule has 0 unspecified atom stereocenters. The molecule has 0 fully saturated rings. The van der Waals surface area contributed by atoms with Crippen LogP contribution >= 0.6 is 0 Å². The monoisotopic (exact) mass is 890 g/mol. The molecular formula is C48H71N7O9. The molecular weight excluding hydrogens is 819 g/mol. The summed E-state index contributed by atoms with van der Waals surface area (Å²) in [5, 5.41) is 22.4. The Kier molecular flexibility index (Phi) is 23.1. The molecule has 352 valence electrons. The Bertz CT molecular complexity index is 1920. The molecule has 0 saturated heterocycles. The molecule has 1 heterocycles. The molecule has 0 radical (unpaired) electrons. The standard InChI is InChI=1S/C48H71N7O9/c1-5-6-7-8-9-10-11-14-45(60)54(3)39(31-56)41(58)30-35(19-21-50)48(62)55(4)46-34-16-18-44(64-25-23-52)37(29-34)36-27-33(15-17-43(36)63-24-22-51)28-38(40(57)13-12-20-49)53-47(61)32(2)26-42(46)59/h15-18,27,29,32,35,38-39,46,56H,5-14,19,21-26,28,30-31,50-52H2,1-4H3,(H,53,61)/t32-,35-,38+,39+,46+/m1/s1. The second kappa shape index (κ2) is 27.9. The lowest BCUT2D eigenvalue weighted by Gasteiger charge is -2.33. The van der Waals surface area contributed by atoms with Gasteiger partial charge in [0, 0.05) is 82.3 Å². The highest BCUT2D eigenvalue weighted by molar-refractivity contribution is 5.97. The van der Waals surface area contributed by atoms with Crippen LogP contribution < -0.4 is 32.0 Å². The maximum atomic E-state index is 14.7. The number of aliphatic hydroxyl groups excluding tert-OH is 1. The van der Waals surface area contributed by atoms with Gasteiger partial charge in [-0.3, -0.25) is 28.8 Å². The van der Waals surface area contributed by atoms with Gasteiger partial charge in [-0.15, -0.1) is 0 Å². The third kappa shape index (κ3) is 15.5. The number of Topliss-reactive ketones (excluding diaryl/α,β-unsaturated/α-hetero) is 3. The Morgan fingerprint density at radius 3 is 2.11 bits per heavy atom. The van der Waals surface area contributed by atoms with Crippen LogP contribution in [0, 0.1) is 23.2 Å². The van der Waals surface area contributed by atoms with Crippen molar-refractivity contribution in [2.75, 3.05) is 53.6 Å². The predicted octanol–water partition coefficient (Wildman–Crippen LogP) is 3.92. The van der Waals surface area contributed by atoms with Gasteiger partial charge in [-0.25, -0.2) is 0 Å². The molecule has 3 amide bonds. The van der Waals surface area contributed by atoms with E-state index in [2.05, 4.69) is 12.2 Å². The fourth-order valence-electron chi connectivity index (χ4n) is 8.04. The number of rotatable bonds is 26. The molecule has 1 aliphatic rings. The maximum absolute atomic E-state index is 14.7. The molecule has 0 aromatic heterocycles. The van der Waals surface area contributed by atoms with E-state index in [1.54, 1.807) is 43.3 Å². The first-order valence-electron chi connectivity index (χ1n) is 22.8. The minimum atomic E-state index is -1.28. The SMILES string of the molecule is CCCCCCCCCC(=O)N(C)[C@@H](CO)C(=O)C[C@@H](CCN)C(=O)N(C)[C@@H]1C(=O)C[C@@H](C)C(=O)N[C@H](C(=O)CCC#N)Cc2ccc(OCCN)c(c2)-c2cc1ccc2OCCN. The molecule has 1 aliphatic heterocycles. The summed E-state index contributed by atoms with van der Waals surface area (Å²) in [5.74, 6) is -3.94. The molecule has 64 heavy (non-hydrogen) atoms. The number of carbonyl (C=O) groups excluding carboxylic acids is 6. The minimum Gasteiger partial charge on any atom is -0.492 e. The van der Waals surface area contributed by atoms with Crippen molar-refractivity contribution < 1.29 is 43.3 Å². The zero-order chi connectivity index (χ0) is 47.2. The molecule has 16 heteroatoms. The maximum Gasteiger partial charge on any atom is 0.226 e. The van der Waals surface area contributed by atoms with Crippen LogP contribution in [0.4, 0.5) is 0 Å². The van der Waals surface area contributed by atoms with Crippen molar-refractivity contribution in [3.05, 3.63) is 47.5 Å². The van der Waals surface area contributed by atoms with E-state index in [-0.39, 0.29) is 89.5 Å². The van der Waals surface area contributed by atoms with E-state index in [1.807, 2.05) is 6.07 Å². The molecule has 2 aromatic rings. The van der Waals surface area contributed by atoms with Crippen LogP contribution in [0.3, 0.4) is 0 Å². The molecule has 0 aliphatic carbocycles. The number of unbranched alkanes of at least 4 members (excludes halogenated alkanes) is 6. The van der Waals surface area contributed by atoms with Crippen LogP contribution in [0.5, 0.6) is 11.5 Å². The summed E-state index contributed by atoms with van der Waals surface area (Å²) in [6.07, 6.45) is 6.69. The third-order valence-electron chi connectivity index (χ3n) is 11.7. The summed E-state index contributed by atoms with van der Waals surface area (Å²) in [6.45, 7) is 3.81. The summed E-state index contributed by atoms with van der Waals surface area (Å²) < 4.78 is 12.2. The smallest absolute Gasteiger partial charge is 0.226 e. The van der Waals surface area contributed by atoms with Gasteiger partial charge in [-0.1, -0.05) is 64.5 Å². The minimum absolute atomic E-state index is 0.0255. The van der Waals surface area contributed by atoms with Crippen LogP contribution in [0.2, 0.25) is 0 Å². The highest BCUT2D eigenvalue weighted by atomic mass is 16.5. The molecule has 2 aromatic carbocycles. The van der Waals surface area contributed by atoms with E-state index >= 15 is 0 Å². The van der Waals surface area contributed by atoms with Crippen molar-refractivity contribution in [2.24, 2.45) is 29.0 Å². The Morgan fingerprint density at radius 1 is 0.875 bits per heavy atom. The van der Waals surface area contributed by atoms with E-state index in [0.29, 0.717) is 40.2 Å². The Labute approximate surface area is 378 Å². The van der Waals surface area contributed by atoms with Gasteiger partial charge >= 0.3 is 0 Å². The van der Waals surface area contributed by atoms with Crippen LogP contribution in [0.15, 0.2) is 36.4 Å². The van der Waals surface area contributed by atoms with Crippen molar-refractivity contribution in [2.45, 2.75) is 122 Å². The first kappa shape index (κ1) is 53.1. The van der Waals surface area contributed by atoms with Gasteiger partial charge in [-0.05, 0) is 61.2 Å². The molecule has 0 saturated carbocycles. The molecule has 8 N–H and O–H groups in total.